The van der Waals surface area contributed by atoms with Crippen LogP contribution in [0.3, 0.4) is 0 Å². The Morgan fingerprint density at radius 1 is 0.778 bits per heavy atom. The van der Waals surface area contributed by atoms with Gasteiger partial charge in [0.05, 0.1) is 6.10 Å². The van der Waals surface area contributed by atoms with E-state index in [0.717, 1.165) is 0 Å². The maximum atomic E-state index is 12.2. The second-order valence-corrected chi connectivity index (χ2v) is 4.80. The number of esters is 3. The fourth-order valence-corrected chi connectivity index (χ4v) is 1.64. The van der Waals surface area contributed by atoms with Gasteiger partial charge in [-0.25, -0.2) is 14.4 Å². The Balaban J connectivity index is 2.81. The molecule has 1 aliphatic heterocycles. The number of halogens is 9. The average Bonchev–Trinajstić information content (AvgIpc) is 2.83. The van der Waals surface area contributed by atoms with Crippen LogP contribution in [0.5, 0.6) is 0 Å². The van der Waals surface area contributed by atoms with Crippen molar-refractivity contribution >= 4 is 17.9 Å². The first kappa shape index (κ1) is 22.8. The lowest BCUT2D eigenvalue weighted by Crippen LogP contribution is -2.39. The SMILES string of the molecule is O=C(OC[C@@H]1C[C@@H](OC(=O)C(F)(F)F)[C@@H](OC(=O)C(F)(F)F)O1)C(F)(F)F. The number of carbonyl (C=O) groups is 3. The van der Waals surface area contributed by atoms with Crippen molar-refractivity contribution < 1.29 is 72.8 Å². The van der Waals surface area contributed by atoms with Crippen LogP contribution in [0.2, 0.25) is 0 Å². The summed E-state index contributed by atoms with van der Waals surface area (Å²) in [6.45, 7) is -1.28. The molecule has 0 spiro atoms. The van der Waals surface area contributed by atoms with Gasteiger partial charge in [0.2, 0.25) is 6.29 Å². The summed E-state index contributed by atoms with van der Waals surface area (Å²) in [5.41, 5.74) is 0. The third-order valence-corrected chi connectivity index (χ3v) is 2.70. The molecular weight excluding hydrogens is 415 g/mol. The predicted octanol–water partition coefficient (Wildman–Crippen LogP) is 1.79. The van der Waals surface area contributed by atoms with Gasteiger partial charge in [-0.05, 0) is 0 Å². The molecule has 1 fully saturated rings. The summed E-state index contributed by atoms with van der Waals surface area (Å²) >= 11 is 0. The van der Waals surface area contributed by atoms with E-state index < -0.39 is 68.0 Å². The number of hydrogen-bond acceptors (Lipinski definition) is 7. The minimum atomic E-state index is -5.59. The first-order valence-electron chi connectivity index (χ1n) is 6.47. The standard InChI is InChI=1S/C11H7F9O7/c12-9(13,14)6(21)24-2-3-1-4(26-7(22)10(15,16)17)5(25-3)27-8(23)11(18,19)20/h3-5H,1-2H2/t3-,4+,5+/m0/s1. The molecule has 27 heavy (non-hydrogen) atoms. The average molecular weight is 422 g/mol. The molecule has 0 aromatic rings. The summed E-state index contributed by atoms with van der Waals surface area (Å²) in [6, 6.07) is 0. The van der Waals surface area contributed by atoms with Gasteiger partial charge in [-0.1, -0.05) is 0 Å². The molecular formula is C11H7F9O7. The molecule has 1 saturated heterocycles. The summed E-state index contributed by atoms with van der Waals surface area (Å²) in [6.07, 6.45) is -24.1. The summed E-state index contributed by atoms with van der Waals surface area (Å²) in [5, 5.41) is 0. The molecule has 156 valence electrons. The fourth-order valence-electron chi connectivity index (χ4n) is 1.64. The summed E-state index contributed by atoms with van der Waals surface area (Å²) < 4.78 is 125. The number of alkyl halides is 9. The third kappa shape index (κ3) is 6.76. The van der Waals surface area contributed by atoms with Gasteiger partial charge >= 0.3 is 36.4 Å². The van der Waals surface area contributed by atoms with E-state index >= 15 is 0 Å². The minimum Gasteiger partial charge on any atom is -0.456 e. The minimum absolute atomic E-state index is 0.956. The van der Waals surface area contributed by atoms with Gasteiger partial charge in [0, 0.05) is 6.42 Å². The van der Waals surface area contributed by atoms with Crippen molar-refractivity contribution in [2.24, 2.45) is 0 Å². The van der Waals surface area contributed by atoms with Gasteiger partial charge in [-0.15, -0.1) is 0 Å². The molecule has 1 rings (SSSR count). The van der Waals surface area contributed by atoms with Crippen LogP contribution in [-0.4, -0.2) is 61.5 Å². The van der Waals surface area contributed by atoms with E-state index in [0.29, 0.717) is 0 Å². The maximum absolute atomic E-state index is 12.2. The van der Waals surface area contributed by atoms with Crippen molar-refractivity contribution in [2.75, 3.05) is 6.61 Å². The Bertz CT molecular complexity index is 544. The Morgan fingerprint density at radius 2 is 1.22 bits per heavy atom. The molecule has 0 saturated carbocycles. The maximum Gasteiger partial charge on any atom is 0.491 e. The highest BCUT2D eigenvalue weighted by Gasteiger charge is 2.51. The summed E-state index contributed by atoms with van der Waals surface area (Å²) in [5.74, 6) is -8.52. The van der Waals surface area contributed by atoms with Crippen LogP contribution in [0.4, 0.5) is 39.5 Å². The van der Waals surface area contributed by atoms with E-state index in [1.165, 1.54) is 0 Å². The van der Waals surface area contributed by atoms with Crippen molar-refractivity contribution in [1.29, 1.82) is 0 Å². The van der Waals surface area contributed by atoms with Gasteiger partial charge in [-0.2, -0.15) is 39.5 Å². The fraction of sp³-hybridized carbons (Fsp3) is 0.727. The van der Waals surface area contributed by atoms with Crippen molar-refractivity contribution in [3.05, 3.63) is 0 Å². The van der Waals surface area contributed by atoms with E-state index in [-0.39, 0.29) is 0 Å². The Labute approximate surface area is 142 Å². The first-order valence-corrected chi connectivity index (χ1v) is 6.47. The molecule has 7 nitrogen and oxygen atoms in total. The Hall–Kier alpha value is -2.26. The van der Waals surface area contributed by atoms with Gasteiger partial charge in [0.1, 0.15) is 6.61 Å². The first-order chi connectivity index (χ1) is 12.0. The summed E-state index contributed by atoms with van der Waals surface area (Å²) in [4.78, 5) is 32.0. The molecule has 0 unspecified atom stereocenters. The van der Waals surface area contributed by atoms with Crippen molar-refractivity contribution in [1.82, 2.24) is 0 Å². The molecule has 0 aromatic carbocycles. The third-order valence-electron chi connectivity index (χ3n) is 2.70. The van der Waals surface area contributed by atoms with Crippen LogP contribution < -0.4 is 0 Å². The van der Waals surface area contributed by atoms with Crippen LogP contribution in [0, 0.1) is 0 Å². The Morgan fingerprint density at radius 3 is 1.67 bits per heavy atom. The van der Waals surface area contributed by atoms with Crippen LogP contribution >= 0.6 is 0 Å². The highest BCUT2D eigenvalue weighted by atomic mass is 19.4. The highest BCUT2D eigenvalue weighted by Crippen LogP contribution is 2.30. The van der Waals surface area contributed by atoms with Crippen LogP contribution in [0.15, 0.2) is 0 Å². The second kappa shape index (κ2) is 7.77. The molecule has 0 aromatic heterocycles. The number of hydrogen-bond donors (Lipinski definition) is 0. The van der Waals surface area contributed by atoms with Crippen LogP contribution in [-0.2, 0) is 33.3 Å². The van der Waals surface area contributed by atoms with Crippen LogP contribution in [0.25, 0.3) is 0 Å². The van der Waals surface area contributed by atoms with E-state index in [1.54, 1.807) is 0 Å². The van der Waals surface area contributed by atoms with Crippen molar-refractivity contribution in [2.45, 2.75) is 43.4 Å². The van der Waals surface area contributed by atoms with Gasteiger partial charge in [-0.3, -0.25) is 0 Å². The zero-order chi connectivity index (χ0) is 21.2. The largest absolute Gasteiger partial charge is 0.491 e. The summed E-state index contributed by atoms with van der Waals surface area (Å²) in [7, 11) is 0. The normalized spacial score (nSPS) is 23.7. The van der Waals surface area contributed by atoms with Crippen molar-refractivity contribution in [3.63, 3.8) is 0 Å². The molecule has 0 radical (unpaired) electrons. The molecule has 1 heterocycles. The van der Waals surface area contributed by atoms with E-state index in [2.05, 4.69) is 18.9 Å². The smallest absolute Gasteiger partial charge is 0.456 e. The molecule has 0 aliphatic carbocycles. The van der Waals surface area contributed by atoms with Crippen molar-refractivity contribution in [3.8, 4) is 0 Å². The molecule has 0 bridgehead atoms. The number of rotatable bonds is 4. The molecule has 3 atom stereocenters. The van der Waals surface area contributed by atoms with Gasteiger partial charge in [0.15, 0.2) is 6.10 Å². The predicted molar refractivity (Wildman–Crippen MR) is 58.4 cm³/mol. The lowest BCUT2D eigenvalue weighted by atomic mass is 10.2. The van der Waals surface area contributed by atoms with Crippen LogP contribution in [0.1, 0.15) is 6.42 Å². The highest BCUT2D eigenvalue weighted by molar-refractivity contribution is 5.77. The van der Waals surface area contributed by atoms with E-state index in [4.69, 9.17) is 0 Å². The molecule has 0 N–H and O–H groups in total. The monoisotopic (exact) mass is 422 g/mol. The Kier molecular flexibility index (Phi) is 6.56. The number of ether oxygens (including phenoxy) is 4. The zero-order valence-corrected chi connectivity index (χ0v) is 12.4. The molecule has 16 heteroatoms. The van der Waals surface area contributed by atoms with E-state index in [9.17, 15) is 53.9 Å². The lowest BCUT2D eigenvalue weighted by Gasteiger charge is -2.20. The van der Waals surface area contributed by atoms with E-state index in [1.807, 2.05) is 0 Å². The zero-order valence-electron chi connectivity index (χ0n) is 12.4. The second-order valence-electron chi connectivity index (χ2n) is 4.80. The molecule has 1 aliphatic rings. The molecule has 0 amide bonds. The quantitative estimate of drug-likeness (QED) is 0.388. The number of carbonyl (C=O) groups excluding carboxylic acids is 3. The lowest BCUT2D eigenvalue weighted by molar-refractivity contribution is -0.241. The van der Waals surface area contributed by atoms with Gasteiger partial charge < -0.3 is 18.9 Å². The van der Waals surface area contributed by atoms with Gasteiger partial charge in [0.25, 0.3) is 0 Å². The topological polar surface area (TPSA) is 88.1 Å².